The van der Waals surface area contributed by atoms with Gasteiger partial charge >= 0.3 is 0 Å². The number of rotatable bonds is 4. The standard InChI is InChI=1S/C21H20ClN7O/c1-23-16-8-9-27(12-16)20-7-6-17(11-24-20)28-13-25-29-19(21(28)30)10-18(26-29)14-2-4-15(22)5-3-14/h2-7,10-11,13,16,23H,8-9,12H2,1H3. The first-order valence-electron chi connectivity index (χ1n) is 9.75. The van der Waals surface area contributed by atoms with Crippen molar-refractivity contribution in [3.8, 4) is 16.9 Å². The molecule has 0 amide bonds. The molecule has 5 rings (SSSR count). The fraction of sp³-hybridized carbons (Fsp3) is 0.238. The van der Waals surface area contributed by atoms with Crippen molar-refractivity contribution in [2.45, 2.75) is 12.5 Å². The molecule has 1 aliphatic rings. The molecule has 1 unspecified atom stereocenters. The highest BCUT2D eigenvalue weighted by molar-refractivity contribution is 6.30. The molecule has 0 aliphatic carbocycles. The Bertz CT molecular complexity index is 1250. The van der Waals surface area contributed by atoms with E-state index in [4.69, 9.17) is 11.6 Å². The van der Waals surface area contributed by atoms with Gasteiger partial charge in [0.05, 0.1) is 17.6 Å². The zero-order valence-corrected chi connectivity index (χ0v) is 17.1. The zero-order valence-electron chi connectivity index (χ0n) is 16.4. The lowest BCUT2D eigenvalue weighted by atomic mass is 10.1. The van der Waals surface area contributed by atoms with Gasteiger partial charge in [0.15, 0.2) is 5.52 Å². The first kappa shape index (κ1) is 18.8. The van der Waals surface area contributed by atoms with E-state index in [0.717, 1.165) is 30.9 Å². The van der Waals surface area contributed by atoms with Gasteiger partial charge in [0.2, 0.25) is 0 Å². The third-order valence-corrected chi connectivity index (χ3v) is 5.73. The summed E-state index contributed by atoms with van der Waals surface area (Å²) in [4.78, 5) is 19.8. The number of hydrogen-bond donors (Lipinski definition) is 1. The SMILES string of the molecule is CNC1CCN(c2ccc(-n3cnn4nc(-c5ccc(Cl)cc5)cc4c3=O)cn2)C1. The average molecular weight is 422 g/mol. The minimum absolute atomic E-state index is 0.205. The van der Waals surface area contributed by atoms with Gasteiger partial charge in [-0.3, -0.25) is 9.36 Å². The molecule has 1 saturated heterocycles. The maximum absolute atomic E-state index is 13.0. The Hall–Kier alpha value is -3.23. The van der Waals surface area contributed by atoms with E-state index in [1.165, 1.54) is 15.5 Å². The predicted octanol–water partition coefficient (Wildman–Crippen LogP) is 2.39. The fourth-order valence-corrected chi connectivity index (χ4v) is 3.87. The second kappa shape index (κ2) is 7.55. The highest BCUT2D eigenvalue weighted by Gasteiger charge is 2.22. The molecule has 9 heteroatoms. The van der Waals surface area contributed by atoms with Crippen LogP contribution in [0.4, 0.5) is 5.82 Å². The molecule has 0 bridgehead atoms. The van der Waals surface area contributed by atoms with E-state index >= 15 is 0 Å². The van der Waals surface area contributed by atoms with Crippen LogP contribution >= 0.6 is 11.6 Å². The largest absolute Gasteiger partial charge is 0.355 e. The van der Waals surface area contributed by atoms with Crippen molar-refractivity contribution in [3.63, 3.8) is 0 Å². The lowest BCUT2D eigenvalue weighted by Crippen LogP contribution is -2.29. The van der Waals surface area contributed by atoms with Crippen LogP contribution in [0.3, 0.4) is 0 Å². The lowest BCUT2D eigenvalue weighted by molar-refractivity contribution is 0.616. The Balaban J connectivity index is 1.46. The monoisotopic (exact) mass is 421 g/mol. The summed E-state index contributed by atoms with van der Waals surface area (Å²) in [5.41, 5.74) is 2.38. The van der Waals surface area contributed by atoms with Gasteiger partial charge in [-0.2, -0.15) is 0 Å². The van der Waals surface area contributed by atoms with E-state index < -0.39 is 0 Å². The van der Waals surface area contributed by atoms with Crippen LogP contribution in [0.1, 0.15) is 6.42 Å². The number of hydrogen-bond acceptors (Lipinski definition) is 6. The number of halogens is 1. The zero-order chi connectivity index (χ0) is 20.7. The van der Waals surface area contributed by atoms with Crippen LogP contribution in [0.2, 0.25) is 5.02 Å². The number of anilines is 1. The van der Waals surface area contributed by atoms with Crippen molar-refractivity contribution in [2.75, 3.05) is 25.0 Å². The van der Waals surface area contributed by atoms with Crippen LogP contribution in [0.5, 0.6) is 0 Å². The minimum Gasteiger partial charge on any atom is -0.355 e. The maximum atomic E-state index is 13.0. The molecule has 152 valence electrons. The molecule has 1 N–H and O–H groups in total. The normalized spacial score (nSPS) is 16.5. The lowest BCUT2D eigenvalue weighted by Gasteiger charge is -2.17. The number of pyridine rings is 1. The Morgan fingerprint density at radius 1 is 1.17 bits per heavy atom. The van der Waals surface area contributed by atoms with Crippen LogP contribution in [-0.4, -0.2) is 50.6 Å². The molecule has 8 nitrogen and oxygen atoms in total. The Labute approximate surface area is 177 Å². The quantitative estimate of drug-likeness (QED) is 0.545. The van der Waals surface area contributed by atoms with Gasteiger partial charge in [0, 0.05) is 29.7 Å². The minimum atomic E-state index is -0.205. The molecule has 4 aromatic rings. The molecular formula is C21H20ClN7O. The first-order chi connectivity index (χ1) is 14.6. The Morgan fingerprint density at radius 3 is 2.70 bits per heavy atom. The van der Waals surface area contributed by atoms with Crippen molar-refractivity contribution in [3.05, 3.63) is 70.4 Å². The van der Waals surface area contributed by atoms with Crippen LogP contribution in [-0.2, 0) is 0 Å². The number of likely N-dealkylation sites (N-methyl/N-ethyl adjacent to an activating group) is 1. The van der Waals surface area contributed by atoms with E-state index in [1.54, 1.807) is 24.4 Å². The molecule has 3 aromatic heterocycles. The summed E-state index contributed by atoms with van der Waals surface area (Å²) in [6.45, 7) is 1.90. The van der Waals surface area contributed by atoms with Crippen molar-refractivity contribution in [1.29, 1.82) is 0 Å². The molecule has 1 atom stereocenters. The van der Waals surface area contributed by atoms with Crippen LogP contribution in [0.15, 0.2) is 59.8 Å². The van der Waals surface area contributed by atoms with Gasteiger partial charge in [-0.1, -0.05) is 23.7 Å². The summed E-state index contributed by atoms with van der Waals surface area (Å²) in [5, 5.41) is 12.7. The van der Waals surface area contributed by atoms with Gasteiger partial charge in [-0.15, -0.1) is 14.8 Å². The highest BCUT2D eigenvalue weighted by Crippen LogP contribution is 2.21. The van der Waals surface area contributed by atoms with Crippen LogP contribution in [0, 0.1) is 0 Å². The third kappa shape index (κ3) is 3.34. The molecule has 4 heterocycles. The molecular weight excluding hydrogens is 402 g/mol. The van der Waals surface area contributed by atoms with Crippen LogP contribution < -0.4 is 15.8 Å². The second-order valence-electron chi connectivity index (χ2n) is 7.31. The number of nitrogens with zero attached hydrogens (tertiary/aromatic N) is 6. The predicted molar refractivity (Wildman–Crippen MR) is 117 cm³/mol. The van der Waals surface area contributed by atoms with Crippen molar-refractivity contribution < 1.29 is 0 Å². The van der Waals surface area contributed by atoms with Gasteiger partial charge in [0.1, 0.15) is 12.1 Å². The fourth-order valence-electron chi connectivity index (χ4n) is 3.74. The highest BCUT2D eigenvalue weighted by atomic mass is 35.5. The molecule has 30 heavy (non-hydrogen) atoms. The van der Waals surface area contributed by atoms with Gasteiger partial charge in [-0.05, 0) is 43.8 Å². The Kier molecular flexibility index (Phi) is 4.72. The number of nitrogens with one attached hydrogen (secondary N) is 1. The van der Waals surface area contributed by atoms with Crippen molar-refractivity contribution >= 4 is 22.9 Å². The Morgan fingerprint density at radius 2 is 2.00 bits per heavy atom. The molecule has 0 spiro atoms. The van der Waals surface area contributed by atoms with E-state index in [-0.39, 0.29) is 5.56 Å². The van der Waals surface area contributed by atoms with E-state index in [9.17, 15) is 4.79 Å². The maximum Gasteiger partial charge on any atom is 0.284 e. The summed E-state index contributed by atoms with van der Waals surface area (Å²) in [7, 11) is 1.98. The number of benzene rings is 1. The second-order valence-corrected chi connectivity index (χ2v) is 7.75. The van der Waals surface area contributed by atoms with Gasteiger partial charge in [-0.25, -0.2) is 4.98 Å². The summed E-state index contributed by atoms with van der Waals surface area (Å²) < 4.78 is 2.84. The summed E-state index contributed by atoms with van der Waals surface area (Å²) in [6.07, 6.45) is 4.27. The van der Waals surface area contributed by atoms with E-state index in [1.807, 2.05) is 31.3 Å². The summed E-state index contributed by atoms with van der Waals surface area (Å²) >= 11 is 5.96. The van der Waals surface area contributed by atoms with Gasteiger partial charge in [0.25, 0.3) is 5.56 Å². The first-order valence-corrected chi connectivity index (χ1v) is 10.1. The number of aromatic nitrogens is 5. The van der Waals surface area contributed by atoms with E-state index in [0.29, 0.717) is 28.0 Å². The molecule has 0 saturated carbocycles. The summed E-state index contributed by atoms with van der Waals surface area (Å²) in [5.74, 6) is 0.910. The molecule has 1 aliphatic heterocycles. The third-order valence-electron chi connectivity index (χ3n) is 5.48. The van der Waals surface area contributed by atoms with Crippen molar-refractivity contribution in [2.24, 2.45) is 0 Å². The van der Waals surface area contributed by atoms with Crippen LogP contribution in [0.25, 0.3) is 22.5 Å². The van der Waals surface area contributed by atoms with Gasteiger partial charge < -0.3 is 10.2 Å². The number of fused-ring (bicyclic) bond motifs is 1. The van der Waals surface area contributed by atoms with Crippen molar-refractivity contribution in [1.82, 2.24) is 29.7 Å². The molecule has 1 aromatic carbocycles. The topological polar surface area (TPSA) is 80.4 Å². The van der Waals surface area contributed by atoms with E-state index in [2.05, 4.69) is 25.4 Å². The summed E-state index contributed by atoms with van der Waals surface area (Å²) in [6, 6.07) is 13.4. The smallest absolute Gasteiger partial charge is 0.284 e. The average Bonchev–Trinajstić information content (AvgIpc) is 3.42. The molecule has 0 radical (unpaired) electrons. The molecule has 1 fully saturated rings.